The summed E-state index contributed by atoms with van der Waals surface area (Å²) in [5, 5.41) is 3.10. The normalized spacial score (nSPS) is 10.3. The van der Waals surface area contributed by atoms with Crippen LogP contribution in [0.3, 0.4) is 0 Å². The molecule has 1 amide bonds. The van der Waals surface area contributed by atoms with Gasteiger partial charge in [0.05, 0.1) is 5.69 Å². The van der Waals surface area contributed by atoms with Crippen LogP contribution in [-0.2, 0) is 0 Å². The van der Waals surface area contributed by atoms with E-state index in [0.717, 1.165) is 5.56 Å². The molecule has 0 fully saturated rings. The molecule has 1 N–H and O–H groups in total. The Morgan fingerprint density at radius 1 is 1.26 bits per heavy atom. The van der Waals surface area contributed by atoms with E-state index in [9.17, 15) is 9.18 Å². The maximum Gasteiger partial charge on any atom is 0.256 e. The molecule has 0 aliphatic carbocycles. The number of halogens is 3. The molecule has 0 atom stereocenters. The van der Waals surface area contributed by atoms with Crippen molar-refractivity contribution in [3.8, 4) is 0 Å². The van der Waals surface area contributed by atoms with Crippen LogP contribution in [0.5, 0.6) is 0 Å². The molecule has 2 nitrogen and oxygen atoms in total. The molecular formula is C14H10BrClFNO. The smallest absolute Gasteiger partial charge is 0.256 e. The minimum Gasteiger partial charge on any atom is -0.319 e. The third-order valence-electron chi connectivity index (χ3n) is 2.61. The van der Waals surface area contributed by atoms with E-state index in [0.29, 0.717) is 15.1 Å². The summed E-state index contributed by atoms with van der Waals surface area (Å²) >= 11 is 8.99. The van der Waals surface area contributed by atoms with Crippen LogP contribution in [0, 0.1) is 12.7 Å². The lowest BCUT2D eigenvalue weighted by atomic mass is 10.1. The molecule has 2 aromatic rings. The zero-order valence-electron chi connectivity index (χ0n) is 10.0. The van der Waals surface area contributed by atoms with E-state index in [1.807, 2.05) is 0 Å². The van der Waals surface area contributed by atoms with Crippen LogP contribution in [0.15, 0.2) is 40.9 Å². The van der Waals surface area contributed by atoms with Gasteiger partial charge in [-0.3, -0.25) is 4.79 Å². The first-order chi connectivity index (χ1) is 8.97. The van der Waals surface area contributed by atoms with Gasteiger partial charge in [-0.05, 0) is 48.9 Å². The zero-order valence-corrected chi connectivity index (χ0v) is 12.3. The average molecular weight is 343 g/mol. The molecule has 0 heterocycles. The predicted octanol–water partition coefficient (Wildman–Crippen LogP) is 4.80. The van der Waals surface area contributed by atoms with Crippen LogP contribution in [-0.4, -0.2) is 5.91 Å². The molecule has 98 valence electrons. The van der Waals surface area contributed by atoms with Crippen molar-refractivity contribution < 1.29 is 9.18 Å². The Hall–Kier alpha value is -1.39. The molecule has 0 spiro atoms. The molecule has 0 saturated heterocycles. The Balaban J connectivity index is 2.25. The van der Waals surface area contributed by atoms with Crippen molar-refractivity contribution in [1.29, 1.82) is 0 Å². The number of hydrogen-bond donors (Lipinski definition) is 1. The van der Waals surface area contributed by atoms with Crippen molar-refractivity contribution in [3.63, 3.8) is 0 Å². The predicted molar refractivity (Wildman–Crippen MR) is 78.2 cm³/mol. The second-order valence-electron chi connectivity index (χ2n) is 4.04. The standard InChI is InChI=1S/C14H10BrClFNO/c1-8-6-10(16)3-4-11(8)14(19)18-13-5-2-9(15)7-12(13)17/h2-7H,1H3,(H,18,19). The van der Waals surface area contributed by atoms with Gasteiger partial charge in [-0.15, -0.1) is 0 Å². The fourth-order valence-electron chi connectivity index (χ4n) is 1.66. The second kappa shape index (κ2) is 5.72. The molecular weight excluding hydrogens is 333 g/mol. The van der Waals surface area contributed by atoms with Crippen molar-refractivity contribution in [2.24, 2.45) is 0 Å². The minimum absolute atomic E-state index is 0.141. The molecule has 0 bridgehead atoms. The number of amides is 1. The van der Waals surface area contributed by atoms with E-state index in [2.05, 4.69) is 21.2 Å². The third-order valence-corrected chi connectivity index (χ3v) is 3.34. The van der Waals surface area contributed by atoms with Gasteiger partial charge in [0, 0.05) is 15.1 Å². The molecule has 19 heavy (non-hydrogen) atoms. The molecule has 0 aromatic heterocycles. The quantitative estimate of drug-likeness (QED) is 0.834. The van der Waals surface area contributed by atoms with E-state index in [1.165, 1.54) is 12.1 Å². The van der Waals surface area contributed by atoms with Gasteiger partial charge in [-0.25, -0.2) is 4.39 Å². The monoisotopic (exact) mass is 341 g/mol. The highest BCUT2D eigenvalue weighted by Gasteiger charge is 2.12. The van der Waals surface area contributed by atoms with Gasteiger partial charge in [0.2, 0.25) is 0 Å². The summed E-state index contributed by atoms with van der Waals surface area (Å²) in [6.07, 6.45) is 0. The lowest BCUT2D eigenvalue weighted by molar-refractivity contribution is 0.102. The van der Waals surface area contributed by atoms with Gasteiger partial charge < -0.3 is 5.32 Å². The number of benzene rings is 2. The molecule has 2 aromatic carbocycles. The Morgan fingerprint density at radius 2 is 2.00 bits per heavy atom. The largest absolute Gasteiger partial charge is 0.319 e. The molecule has 0 saturated carbocycles. The summed E-state index contributed by atoms with van der Waals surface area (Å²) in [5.74, 6) is -0.857. The molecule has 0 unspecified atom stereocenters. The summed E-state index contributed by atoms with van der Waals surface area (Å²) in [6, 6.07) is 9.39. The topological polar surface area (TPSA) is 29.1 Å². The summed E-state index contributed by atoms with van der Waals surface area (Å²) in [5.41, 5.74) is 1.34. The van der Waals surface area contributed by atoms with Gasteiger partial charge in [0.15, 0.2) is 0 Å². The van der Waals surface area contributed by atoms with Gasteiger partial charge in [0.1, 0.15) is 5.82 Å². The molecule has 5 heteroatoms. The highest BCUT2D eigenvalue weighted by atomic mass is 79.9. The first kappa shape index (κ1) is 14.0. The number of carbonyl (C=O) groups excluding carboxylic acids is 1. The molecule has 0 aliphatic heterocycles. The Kier molecular flexibility index (Phi) is 4.22. The van der Waals surface area contributed by atoms with Crippen molar-refractivity contribution in [2.75, 3.05) is 5.32 Å². The number of anilines is 1. The van der Waals surface area contributed by atoms with Gasteiger partial charge in [-0.1, -0.05) is 27.5 Å². The highest BCUT2D eigenvalue weighted by molar-refractivity contribution is 9.10. The maximum atomic E-state index is 13.6. The summed E-state index contributed by atoms with van der Waals surface area (Å²) in [4.78, 5) is 12.1. The Morgan fingerprint density at radius 3 is 2.63 bits per heavy atom. The number of hydrogen-bond acceptors (Lipinski definition) is 1. The first-order valence-electron chi connectivity index (χ1n) is 5.50. The van der Waals surface area contributed by atoms with E-state index in [4.69, 9.17) is 11.6 Å². The van der Waals surface area contributed by atoms with E-state index < -0.39 is 5.82 Å². The van der Waals surface area contributed by atoms with E-state index in [1.54, 1.807) is 31.2 Å². The fourth-order valence-corrected chi connectivity index (χ4v) is 2.22. The number of nitrogens with one attached hydrogen (secondary N) is 1. The average Bonchev–Trinajstić information content (AvgIpc) is 2.32. The van der Waals surface area contributed by atoms with E-state index in [-0.39, 0.29) is 11.6 Å². The number of rotatable bonds is 2. The van der Waals surface area contributed by atoms with Crippen molar-refractivity contribution in [1.82, 2.24) is 0 Å². The number of aryl methyl sites for hydroxylation is 1. The zero-order chi connectivity index (χ0) is 14.0. The van der Waals surface area contributed by atoms with Gasteiger partial charge in [-0.2, -0.15) is 0 Å². The van der Waals surface area contributed by atoms with Gasteiger partial charge >= 0.3 is 0 Å². The van der Waals surface area contributed by atoms with Crippen molar-refractivity contribution >= 4 is 39.1 Å². The second-order valence-corrected chi connectivity index (χ2v) is 5.39. The van der Waals surface area contributed by atoms with Crippen LogP contribution >= 0.6 is 27.5 Å². The Labute approximate surface area is 123 Å². The van der Waals surface area contributed by atoms with Crippen LogP contribution in [0.1, 0.15) is 15.9 Å². The fraction of sp³-hybridized carbons (Fsp3) is 0.0714. The lowest BCUT2D eigenvalue weighted by Crippen LogP contribution is -2.14. The summed E-state index contributed by atoms with van der Waals surface area (Å²) in [6.45, 7) is 1.78. The lowest BCUT2D eigenvalue weighted by Gasteiger charge is -2.09. The first-order valence-corrected chi connectivity index (χ1v) is 6.67. The van der Waals surface area contributed by atoms with Crippen molar-refractivity contribution in [3.05, 3.63) is 62.8 Å². The SMILES string of the molecule is Cc1cc(Cl)ccc1C(=O)Nc1ccc(Br)cc1F. The van der Waals surface area contributed by atoms with Crippen LogP contribution in [0.4, 0.5) is 10.1 Å². The van der Waals surface area contributed by atoms with Crippen LogP contribution < -0.4 is 5.32 Å². The molecule has 2 rings (SSSR count). The van der Waals surface area contributed by atoms with Gasteiger partial charge in [0.25, 0.3) is 5.91 Å². The van der Waals surface area contributed by atoms with Crippen molar-refractivity contribution in [2.45, 2.75) is 6.92 Å². The van der Waals surface area contributed by atoms with E-state index >= 15 is 0 Å². The summed E-state index contributed by atoms with van der Waals surface area (Å²) in [7, 11) is 0. The molecule has 0 aliphatic rings. The Bertz CT molecular complexity index is 645. The van der Waals surface area contributed by atoms with Crippen LogP contribution in [0.2, 0.25) is 5.02 Å². The minimum atomic E-state index is -0.491. The maximum absolute atomic E-state index is 13.6. The van der Waals surface area contributed by atoms with Crippen LogP contribution in [0.25, 0.3) is 0 Å². The highest BCUT2D eigenvalue weighted by Crippen LogP contribution is 2.21. The number of carbonyl (C=O) groups is 1. The molecule has 0 radical (unpaired) electrons. The summed E-state index contributed by atoms with van der Waals surface area (Å²) < 4.78 is 14.2. The third kappa shape index (κ3) is 3.33.